The van der Waals surface area contributed by atoms with E-state index in [-0.39, 0.29) is 5.82 Å². The largest absolute Gasteiger partial charge is 0.310 e. The van der Waals surface area contributed by atoms with Crippen LogP contribution in [0.25, 0.3) is 11.1 Å². The molecule has 0 unspecified atom stereocenters. The lowest BCUT2D eigenvalue weighted by Gasteiger charge is -2.10. The lowest BCUT2D eigenvalue weighted by atomic mass is 10.0. The first kappa shape index (κ1) is 13.6. The standard InChI is InChI=1S/C17H17ClFN/c1-11-8-12(3-7-17(11)19)13-2-6-16(18)14(9-13)10-20-15-4-5-15/h2-3,6-9,15,20H,4-5,10H2,1H3. The van der Waals surface area contributed by atoms with Gasteiger partial charge in [-0.1, -0.05) is 23.7 Å². The van der Waals surface area contributed by atoms with Crippen molar-refractivity contribution in [1.82, 2.24) is 5.32 Å². The van der Waals surface area contributed by atoms with Crippen molar-refractivity contribution >= 4 is 11.6 Å². The van der Waals surface area contributed by atoms with Crippen LogP contribution in [0.4, 0.5) is 4.39 Å². The van der Waals surface area contributed by atoms with Crippen molar-refractivity contribution in [3.63, 3.8) is 0 Å². The summed E-state index contributed by atoms with van der Waals surface area (Å²) in [5.74, 6) is -0.168. The Morgan fingerprint density at radius 1 is 1.15 bits per heavy atom. The molecule has 1 fully saturated rings. The van der Waals surface area contributed by atoms with Crippen molar-refractivity contribution in [2.75, 3.05) is 0 Å². The van der Waals surface area contributed by atoms with Crippen molar-refractivity contribution in [3.8, 4) is 11.1 Å². The Hall–Kier alpha value is -1.38. The van der Waals surface area contributed by atoms with E-state index in [9.17, 15) is 4.39 Å². The highest BCUT2D eigenvalue weighted by Gasteiger charge is 2.20. The molecule has 0 amide bonds. The quantitative estimate of drug-likeness (QED) is 0.860. The maximum atomic E-state index is 13.3. The van der Waals surface area contributed by atoms with Gasteiger partial charge in [0.1, 0.15) is 5.82 Å². The summed E-state index contributed by atoms with van der Waals surface area (Å²) in [5.41, 5.74) is 3.85. The maximum Gasteiger partial charge on any atom is 0.126 e. The summed E-state index contributed by atoms with van der Waals surface area (Å²) in [6, 6.07) is 11.8. The molecule has 0 spiro atoms. The fraction of sp³-hybridized carbons (Fsp3) is 0.294. The summed E-state index contributed by atoms with van der Waals surface area (Å²) < 4.78 is 13.3. The first-order valence-electron chi connectivity index (χ1n) is 6.92. The number of hydrogen-bond donors (Lipinski definition) is 1. The van der Waals surface area contributed by atoms with E-state index in [2.05, 4.69) is 11.4 Å². The predicted molar refractivity (Wildman–Crippen MR) is 81.4 cm³/mol. The number of benzene rings is 2. The maximum absolute atomic E-state index is 13.3. The Balaban J connectivity index is 1.88. The van der Waals surface area contributed by atoms with Crippen LogP contribution in [0.1, 0.15) is 24.0 Å². The van der Waals surface area contributed by atoms with E-state index in [0.29, 0.717) is 11.6 Å². The molecule has 0 saturated heterocycles. The van der Waals surface area contributed by atoms with Crippen molar-refractivity contribution in [1.29, 1.82) is 0 Å². The van der Waals surface area contributed by atoms with E-state index in [4.69, 9.17) is 11.6 Å². The second-order valence-corrected chi connectivity index (χ2v) is 5.83. The molecule has 3 heteroatoms. The molecule has 0 radical (unpaired) electrons. The summed E-state index contributed by atoms with van der Waals surface area (Å²) >= 11 is 6.24. The van der Waals surface area contributed by atoms with Gasteiger partial charge in [0.15, 0.2) is 0 Å². The second kappa shape index (κ2) is 5.55. The van der Waals surface area contributed by atoms with Gasteiger partial charge in [0, 0.05) is 17.6 Å². The molecule has 1 N–H and O–H groups in total. The third-order valence-corrected chi connectivity index (χ3v) is 4.06. The van der Waals surface area contributed by atoms with Crippen LogP contribution in [0.2, 0.25) is 5.02 Å². The average molecular weight is 290 g/mol. The molecule has 0 aromatic heterocycles. The van der Waals surface area contributed by atoms with E-state index in [1.807, 2.05) is 24.3 Å². The number of hydrogen-bond acceptors (Lipinski definition) is 1. The fourth-order valence-corrected chi connectivity index (χ4v) is 2.44. The summed E-state index contributed by atoms with van der Waals surface area (Å²) in [7, 11) is 0. The SMILES string of the molecule is Cc1cc(-c2ccc(Cl)c(CNC3CC3)c2)ccc1F. The van der Waals surface area contributed by atoms with Crippen molar-refractivity contribution in [2.45, 2.75) is 32.4 Å². The number of nitrogens with one attached hydrogen (secondary N) is 1. The van der Waals surface area contributed by atoms with Gasteiger partial charge in [0.25, 0.3) is 0 Å². The highest BCUT2D eigenvalue weighted by atomic mass is 35.5. The Kier molecular flexibility index (Phi) is 3.77. The molecule has 0 aliphatic heterocycles. The summed E-state index contributed by atoms with van der Waals surface area (Å²) in [6.45, 7) is 2.57. The summed E-state index contributed by atoms with van der Waals surface area (Å²) in [5, 5.41) is 4.25. The highest BCUT2D eigenvalue weighted by molar-refractivity contribution is 6.31. The van der Waals surface area contributed by atoms with Crippen LogP contribution < -0.4 is 5.32 Å². The van der Waals surface area contributed by atoms with Gasteiger partial charge in [-0.15, -0.1) is 0 Å². The monoisotopic (exact) mass is 289 g/mol. The fourth-order valence-electron chi connectivity index (χ4n) is 2.26. The molecule has 0 bridgehead atoms. The van der Waals surface area contributed by atoms with Crippen LogP contribution in [-0.2, 0) is 6.54 Å². The normalized spacial score (nSPS) is 14.6. The Morgan fingerprint density at radius 2 is 1.85 bits per heavy atom. The molecule has 1 aliphatic carbocycles. The smallest absolute Gasteiger partial charge is 0.126 e. The molecule has 1 nitrogen and oxygen atoms in total. The zero-order valence-electron chi connectivity index (χ0n) is 11.4. The van der Waals surface area contributed by atoms with Gasteiger partial charge in [0.2, 0.25) is 0 Å². The third-order valence-electron chi connectivity index (χ3n) is 3.70. The van der Waals surface area contributed by atoms with E-state index in [0.717, 1.165) is 28.3 Å². The van der Waals surface area contributed by atoms with Crippen molar-refractivity contribution < 1.29 is 4.39 Å². The van der Waals surface area contributed by atoms with Crippen LogP contribution in [-0.4, -0.2) is 6.04 Å². The van der Waals surface area contributed by atoms with Gasteiger partial charge in [-0.25, -0.2) is 4.39 Å². The molecule has 3 rings (SSSR count). The summed E-state index contributed by atoms with van der Waals surface area (Å²) in [6.07, 6.45) is 2.52. The second-order valence-electron chi connectivity index (χ2n) is 5.43. The molecule has 1 saturated carbocycles. The molecule has 20 heavy (non-hydrogen) atoms. The Labute approximate surface area is 123 Å². The van der Waals surface area contributed by atoms with Crippen LogP contribution in [0.15, 0.2) is 36.4 Å². The molecule has 2 aromatic rings. The first-order valence-corrected chi connectivity index (χ1v) is 7.29. The Morgan fingerprint density at radius 3 is 2.55 bits per heavy atom. The molecule has 0 atom stereocenters. The van der Waals surface area contributed by atoms with Crippen molar-refractivity contribution in [3.05, 3.63) is 58.4 Å². The molecule has 1 aliphatic rings. The van der Waals surface area contributed by atoms with Gasteiger partial charge in [-0.2, -0.15) is 0 Å². The van der Waals surface area contributed by atoms with Crippen LogP contribution in [0.5, 0.6) is 0 Å². The van der Waals surface area contributed by atoms with Crippen LogP contribution in [0.3, 0.4) is 0 Å². The van der Waals surface area contributed by atoms with Crippen molar-refractivity contribution in [2.24, 2.45) is 0 Å². The minimum Gasteiger partial charge on any atom is -0.310 e. The van der Waals surface area contributed by atoms with E-state index in [1.165, 1.54) is 18.9 Å². The Bertz CT molecular complexity index is 635. The van der Waals surface area contributed by atoms with Crippen LogP contribution >= 0.6 is 11.6 Å². The van der Waals surface area contributed by atoms with E-state index < -0.39 is 0 Å². The molecule has 2 aromatic carbocycles. The van der Waals surface area contributed by atoms with Gasteiger partial charge in [0.05, 0.1) is 0 Å². The van der Waals surface area contributed by atoms with E-state index >= 15 is 0 Å². The van der Waals surface area contributed by atoms with E-state index in [1.54, 1.807) is 6.92 Å². The topological polar surface area (TPSA) is 12.0 Å². The molecule has 104 valence electrons. The molecular weight excluding hydrogens is 273 g/mol. The van der Waals surface area contributed by atoms with Crippen LogP contribution in [0, 0.1) is 12.7 Å². The van der Waals surface area contributed by atoms with Gasteiger partial charge in [-0.3, -0.25) is 0 Å². The lowest BCUT2D eigenvalue weighted by Crippen LogP contribution is -2.15. The number of rotatable bonds is 4. The third kappa shape index (κ3) is 3.02. The van der Waals surface area contributed by atoms with Gasteiger partial charge in [-0.05, 0) is 66.3 Å². The zero-order chi connectivity index (χ0) is 14.1. The predicted octanol–water partition coefficient (Wildman–Crippen LogP) is 4.71. The minimum atomic E-state index is -0.168. The summed E-state index contributed by atoms with van der Waals surface area (Å²) in [4.78, 5) is 0. The number of aryl methyl sites for hydroxylation is 1. The molecular formula is C17H17ClFN. The van der Waals surface area contributed by atoms with Gasteiger partial charge < -0.3 is 5.32 Å². The first-order chi connectivity index (χ1) is 9.63. The molecule has 0 heterocycles. The zero-order valence-corrected chi connectivity index (χ0v) is 12.2. The minimum absolute atomic E-state index is 0.168. The average Bonchev–Trinajstić information content (AvgIpc) is 3.25. The lowest BCUT2D eigenvalue weighted by molar-refractivity contribution is 0.619. The van der Waals surface area contributed by atoms with Gasteiger partial charge >= 0.3 is 0 Å². The number of halogens is 2. The highest BCUT2D eigenvalue weighted by Crippen LogP contribution is 2.27.